The number of aromatic nitrogens is 3. The third-order valence-corrected chi connectivity index (χ3v) is 6.31. The molecule has 196 valence electrons. The predicted molar refractivity (Wildman–Crippen MR) is 140 cm³/mol. The van der Waals surface area contributed by atoms with Gasteiger partial charge in [-0.25, -0.2) is 4.39 Å². The van der Waals surface area contributed by atoms with Gasteiger partial charge in [-0.2, -0.15) is 4.98 Å². The Morgan fingerprint density at radius 3 is 2.65 bits per heavy atom. The van der Waals surface area contributed by atoms with Crippen molar-refractivity contribution in [3.05, 3.63) is 59.0 Å². The van der Waals surface area contributed by atoms with E-state index in [1.165, 1.54) is 10.8 Å². The molecule has 0 aliphatic carbocycles. The molecule has 1 atom stereocenters. The van der Waals surface area contributed by atoms with E-state index in [1.807, 2.05) is 40.7 Å². The Morgan fingerprint density at radius 1 is 1.24 bits per heavy atom. The van der Waals surface area contributed by atoms with Crippen molar-refractivity contribution in [1.29, 1.82) is 0 Å². The molecule has 0 bridgehead atoms. The lowest BCUT2D eigenvalue weighted by atomic mass is 9.81. The summed E-state index contributed by atoms with van der Waals surface area (Å²) in [5.41, 5.74) is 1.63. The van der Waals surface area contributed by atoms with Crippen LogP contribution in [-0.4, -0.2) is 38.4 Å². The molecule has 2 aromatic carbocycles. The van der Waals surface area contributed by atoms with Crippen LogP contribution in [0.25, 0.3) is 28.3 Å². The van der Waals surface area contributed by atoms with Crippen LogP contribution in [0.1, 0.15) is 40.2 Å². The topological polar surface area (TPSA) is 102 Å². The van der Waals surface area contributed by atoms with Crippen molar-refractivity contribution in [3.63, 3.8) is 0 Å². The standard InChI is InChI=1S/C27H30ClFN4O4/c1-15(2)36-23-9-7-17(11-20(23)28)24-31-26(32-37-24)33-14-21(29)18-10-16(6-8-22(18)33)12-30-13-19(25(34)35)27(3,4)5/h6-11,14-15,19,30H,12-13H2,1-5H3,(H,34,35). The summed E-state index contributed by atoms with van der Waals surface area (Å²) in [6.07, 6.45) is 1.29. The Kier molecular flexibility index (Phi) is 7.57. The molecule has 2 N–H and O–H groups in total. The number of aliphatic carboxylic acids is 1. The molecule has 2 aromatic heterocycles. The Balaban J connectivity index is 1.53. The van der Waals surface area contributed by atoms with E-state index in [-0.39, 0.29) is 23.4 Å². The van der Waals surface area contributed by atoms with Gasteiger partial charge in [0.15, 0.2) is 0 Å². The normalized spacial score (nSPS) is 12.9. The van der Waals surface area contributed by atoms with Gasteiger partial charge in [0.1, 0.15) is 11.6 Å². The first-order valence-electron chi connectivity index (χ1n) is 12.0. The lowest BCUT2D eigenvalue weighted by Gasteiger charge is -2.27. The number of nitrogens with zero attached hydrogens (tertiary/aromatic N) is 3. The van der Waals surface area contributed by atoms with Gasteiger partial charge in [0.05, 0.1) is 22.6 Å². The Hall–Kier alpha value is -3.43. The summed E-state index contributed by atoms with van der Waals surface area (Å²) in [7, 11) is 0. The zero-order chi connectivity index (χ0) is 26.9. The zero-order valence-electron chi connectivity index (χ0n) is 21.4. The van der Waals surface area contributed by atoms with Gasteiger partial charge in [-0.15, -0.1) is 0 Å². The molecule has 0 radical (unpaired) electrons. The first-order valence-corrected chi connectivity index (χ1v) is 12.4. The van der Waals surface area contributed by atoms with Crippen molar-refractivity contribution in [1.82, 2.24) is 20.0 Å². The van der Waals surface area contributed by atoms with Gasteiger partial charge < -0.3 is 19.7 Å². The van der Waals surface area contributed by atoms with Gasteiger partial charge in [-0.1, -0.05) is 38.4 Å². The molecule has 2 heterocycles. The summed E-state index contributed by atoms with van der Waals surface area (Å²) in [5, 5.41) is 17.5. The van der Waals surface area contributed by atoms with Gasteiger partial charge in [0, 0.05) is 30.2 Å². The van der Waals surface area contributed by atoms with Gasteiger partial charge in [-0.3, -0.25) is 9.36 Å². The molecule has 10 heteroatoms. The molecule has 0 saturated heterocycles. The van der Waals surface area contributed by atoms with E-state index in [0.29, 0.717) is 40.3 Å². The highest BCUT2D eigenvalue weighted by atomic mass is 35.5. The van der Waals surface area contributed by atoms with Crippen molar-refractivity contribution in [3.8, 4) is 23.2 Å². The fraction of sp³-hybridized carbons (Fsp3) is 0.370. The van der Waals surface area contributed by atoms with Crippen LogP contribution in [-0.2, 0) is 11.3 Å². The molecular weight excluding hydrogens is 499 g/mol. The third-order valence-electron chi connectivity index (χ3n) is 6.01. The lowest BCUT2D eigenvalue weighted by molar-refractivity contribution is -0.145. The molecule has 37 heavy (non-hydrogen) atoms. The van der Waals surface area contributed by atoms with E-state index in [2.05, 4.69) is 15.5 Å². The number of hydrogen-bond acceptors (Lipinski definition) is 6. The second kappa shape index (κ2) is 10.5. The molecule has 0 amide bonds. The van der Waals surface area contributed by atoms with E-state index >= 15 is 0 Å². The number of carboxylic acid groups (broad SMARTS) is 1. The number of carboxylic acids is 1. The molecule has 0 spiro atoms. The summed E-state index contributed by atoms with van der Waals surface area (Å²) in [6, 6.07) is 10.5. The van der Waals surface area contributed by atoms with Gasteiger partial charge in [0.25, 0.3) is 11.8 Å². The Bertz CT molecular complexity index is 1420. The minimum atomic E-state index is -0.847. The van der Waals surface area contributed by atoms with Crippen molar-refractivity contribution in [2.45, 2.75) is 47.3 Å². The smallest absolute Gasteiger partial charge is 0.308 e. The molecule has 0 saturated carbocycles. The second-order valence-electron chi connectivity index (χ2n) is 10.3. The molecule has 4 rings (SSSR count). The molecule has 4 aromatic rings. The van der Waals surface area contributed by atoms with E-state index in [0.717, 1.165) is 5.56 Å². The highest BCUT2D eigenvalue weighted by molar-refractivity contribution is 6.32. The number of rotatable bonds is 9. The van der Waals surface area contributed by atoms with Crippen LogP contribution in [0, 0.1) is 17.2 Å². The number of fused-ring (bicyclic) bond motifs is 1. The van der Waals surface area contributed by atoms with Crippen molar-refractivity contribution in [2.24, 2.45) is 11.3 Å². The third kappa shape index (κ3) is 5.94. The van der Waals surface area contributed by atoms with Crippen LogP contribution in [0.5, 0.6) is 5.75 Å². The van der Waals surface area contributed by atoms with Crippen molar-refractivity contribution < 1.29 is 23.6 Å². The molecule has 0 aliphatic heterocycles. The van der Waals surface area contributed by atoms with E-state index in [9.17, 15) is 14.3 Å². The van der Waals surface area contributed by atoms with Crippen molar-refractivity contribution in [2.75, 3.05) is 6.54 Å². The van der Waals surface area contributed by atoms with Gasteiger partial charge in [0.2, 0.25) is 0 Å². The fourth-order valence-corrected chi connectivity index (χ4v) is 4.28. The van der Waals surface area contributed by atoms with Gasteiger partial charge >= 0.3 is 5.97 Å². The maximum Gasteiger partial charge on any atom is 0.308 e. The Morgan fingerprint density at radius 2 is 2.00 bits per heavy atom. The quantitative estimate of drug-likeness (QED) is 0.271. The average molecular weight is 529 g/mol. The number of nitrogens with one attached hydrogen (secondary N) is 1. The first kappa shape index (κ1) is 26.6. The highest BCUT2D eigenvalue weighted by Crippen LogP contribution is 2.31. The van der Waals surface area contributed by atoms with Crippen LogP contribution in [0.3, 0.4) is 0 Å². The number of hydrogen-bond donors (Lipinski definition) is 2. The maximum absolute atomic E-state index is 14.9. The maximum atomic E-state index is 14.9. The van der Waals surface area contributed by atoms with E-state index in [1.54, 1.807) is 30.3 Å². The number of halogens is 2. The average Bonchev–Trinajstić information content (AvgIpc) is 3.42. The van der Waals surface area contributed by atoms with Crippen LogP contribution in [0.15, 0.2) is 47.1 Å². The van der Waals surface area contributed by atoms with Crippen LogP contribution >= 0.6 is 11.6 Å². The van der Waals surface area contributed by atoms with Crippen LogP contribution in [0.2, 0.25) is 5.02 Å². The summed E-state index contributed by atoms with van der Waals surface area (Å²) >= 11 is 6.33. The number of carbonyl (C=O) groups is 1. The molecule has 8 nitrogen and oxygen atoms in total. The number of ether oxygens (including phenoxy) is 1. The molecule has 0 aliphatic rings. The van der Waals surface area contributed by atoms with E-state index < -0.39 is 17.7 Å². The second-order valence-corrected chi connectivity index (χ2v) is 10.7. The van der Waals surface area contributed by atoms with Crippen molar-refractivity contribution >= 4 is 28.5 Å². The summed E-state index contributed by atoms with van der Waals surface area (Å²) in [6.45, 7) is 10.2. The predicted octanol–water partition coefficient (Wildman–Crippen LogP) is 6.10. The molecule has 0 fully saturated rings. The zero-order valence-corrected chi connectivity index (χ0v) is 22.1. The first-order chi connectivity index (χ1) is 17.4. The van der Waals surface area contributed by atoms with Gasteiger partial charge in [-0.05, 0) is 60.3 Å². The lowest BCUT2D eigenvalue weighted by Crippen LogP contribution is -2.37. The van der Waals surface area contributed by atoms with E-state index in [4.69, 9.17) is 20.9 Å². The monoisotopic (exact) mass is 528 g/mol. The summed E-state index contributed by atoms with van der Waals surface area (Å²) in [5.74, 6) is -0.846. The largest absolute Gasteiger partial charge is 0.489 e. The Labute approximate surface area is 219 Å². The fourth-order valence-electron chi connectivity index (χ4n) is 4.05. The molecule has 1 unspecified atom stereocenters. The van der Waals surface area contributed by atoms with Crippen LogP contribution < -0.4 is 10.1 Å². The summed E-state index contributed by atoms with van der Waals surface area (Å²) < 4.78 is 27.5. The number of benzene rings is 2. The highest BCUT2D eigenvalue weighted by Gasteiger charge is 2.30. The van der Waals surface area contributed by atoms with Crippen LogP contribution in [0.4, 0.5) is 4.39 Å². The minimum Gasteiger partial charge on any atom is -0.489 e. The minimum absolute atomic E-state index is 0.0169. The molecular formula is C27H30ClFN4O4. The SMILES string of the molecule is CC(C)Oc1ccc(-c2nc(-n3cc(F)c4cc(CNCC(C(=O)O)C(C)(C)C)ccc43)no2)cc1Cl. The summed E-state index contributed by atoms with van der Waals surface area (Å²) in [4.78, 5) is 16.0.